The molecule has 0 bridgehead atoms. The van der Waals surface area contributed by atoms with E-state index in [0.29, 0.717) is 25.7 Å². The standard InChI is InChI=1S/C17H19N5O4/c1-21(10-11-2-5-14-15(8-11)26-7-6-25-14)17-18-9-13(22(23)24)16(20-17)19-12-3-4-12/h2,5,8-9,12H,3-4,6-7,10H2,1H3,(H,18,19,20). The van der Waals surface area contributed by atoms with Crippen LogP contribution in [-0.4, -0.2) is 41.2 Å². The van der Waals surface area contributed by atoms with Crippen LogP contribution in [0, 0.1) is 10.1 Å². The van der Waals surface area contributed by atoms with E-state index >= 15 is 0 Å². The molecule has 2 aromatic rings. The fourth-order valence-corrected chi connectivity index (χ4v) is 2.74. The highest BCUT2D eigenvalue weighted by atomic mass is 16.6. The molecule has 9 nitrogen and oxygen atoms in total. The smallest absolute Gasteiger partial charge is 0.329 e. The number of ether oxygens (including phenoxy) is 2. The molecule has 0 spiro atoms. The fraction of sp³-hybridized carbons (Fsp3) is 0.412. The van der Waals surface area contributed by atoms with E-state index in [1.54, 1.807) is 0 Å². The van der Waals surface area contributed by atoms with Gasteiger partial charge >= 0.3 is 5.69 Å². The Morgan fingerprint density at radius 3 is 2.81 bits per heavy atom. The van der Waals surface area contributed by atoms with Crippen molar-refractivity contribution in [3.8, 4) is 11.5 Å². The molecule has 1 aliphatic heterocycles. The van der Waals surface area contributed by atoms with E-state index in [4.69, 9.17) is 9.47 Å². The lowest BCUT2D eigenvalue weighted by Crippen LogP contribution is -2.21. The van der Waals surface area contributed by atoms with Gasteiger partial charge in [-0.15, -0.1) is 0 Å². The summed E-state index contributed by atoms with van der Waals surface area (Å²) in [6, 6.07) is 6.03. The number of nitrogens with zero attached hydrogens (tertiary/aromatic N) is 4. The first kappa shape index (κ1) is 16.4. The van der Waals surface area contributed by atoms with Gasteiger partial charge in [-0.05, 0) is 30.5 Å². The molecule has 26 heavy (non-hydrogen) atoms. The number of hydrogen-bond acceptors (Lipinski definition) is 8. The van der Waals surface area contributed by atoms with E-state index in [1.165, 1.54) is 6.20 Å². The highest BCUT2D eigenvalue weighted by molar-refractivity contribution is 5.58. The van der Waals surface area contributed by atoms with Crippen LogP contribution in [0.4, 0.5) is 17.5 Å². The minimum atomic E-state index is -0.463. The van der Waals surface area contributed by atoms with Crippen molar-refractivity contribution >= 4 is 17.5 Å². The monoisotopic (exact) mass is 357 g/mol. The van der Waals surface area contributed by atoms with Crippen LogP contribution in [0.15, 0.2) is 24.4 Å². The molecular formula is C17H19N5O4. The Bertz CT molecular complexity index is 840. The van der Waals surface area contributed by atoms with Gasteiger partial charge in [-0.2, -0.15) is 4.98 Å². The predicted molar refractivity (Wildman–Crippen MR) is 94.9 cm³/mol. The van der Waals surface area contributed by atoms with Gasteiger partial charge in [0.2, 0.25) is 11.8 Å². The van der Waals surface area contributed by atoms with E-state index in [2.05, 4.69) is 15.3 Å². The maximum Gasteiger partial charge on any atom is 0.329 e. The molecule has 0 unspecified atom stereocenters. The molecule has 1 aromatic carbocycles. The molecule has 1 fully saturated rings. The van der Waals surface area contributed by atoms with Gasteiger partial charge in [-0.25, -0.2) is 4.98 Å². The number of aromatic nitrogens is 2. The van der Waals surface area contributed by atoms with Crippen molar-refractivity contribution in [2.75, 3.05) is 30.5 Å². The lowest BCUT2D eigenvalue weighted by Gasteiger charge is -2.21. The number of anilines is 2. The Morgan fingerprint density at radius 2 is 2.08 bits per heavy atom. The molecule has 9 heteroatoms. The lowest BCUT2D eigenvalue weighted by atomic mass is 10.2. The summed E-state index contributed by atoms with van der Waals surface area (Å²) >= 11 is 0. The maximum absolute atomic E-state index is 11.2. The van der Waals surface area contributed by atoms with Crippen LogP contribution in [0.2, 0.25) is 0 Å². The van der Waals surface area contributed by atoms with Crippen molar-refractivity contribution in [3.63, 3.8) is 0 Å². The molecule has 0 amide bonds. The Labute approximate surface area is 150 Å². The summed E-state index contributed by atoms with van der Waals surface area (Å²) in [5, 5.41) is 14.3. The van der Waals surface area contributed by atoms with Crippen molar-refractivity contribution in [3.05, 3.63) is 40.1 Å². The van der Waals surface area contributed by atoms with Gasteiger partial charge in [0, 0.05) is 19.6 Å². The van der Waals surface area contributed by atoms with Gasteiger partial charge in [-0.1, -0.05) is 6.07 Å². The van der Waals surface area contributed by atoms with Crippen molar-refractivity contribution in [1.29, 1.82) is 0 Å². The molecule has 1 aliphatic carbocycles. The van der Waals surface area contributed by atoms with Crippen molar-refractivity contribution in [1.82, 2.24) is 9.97 Å². The van der Waals surface area contributed by atoms with Crippen molar-refractivity contribution in [2.24, 2.45) is 0 Å². The third kappa shape index (κ3) is 3.46. The van der Waals surface area contributed by atoms with E-state index in [-0.39, 0.29) is 17.5 Å². The second kappa shape index (κ2) is 6.66. The van der Waals surface area contributed by atoms with Gasteiger partial charge in [0.1, 0.15) is 19.4 Å². The van der Waals surface area contributed by atoms with Crippen LogP contribution in [0.25, 0.3) is 0 Å². The molecule has 2 heterocycles. The van der Waals surface area contributed by atoms with Gasteiger partial charge in [-0.3, -0.25) is 10.1 Å². The Morgan fingerprint density at radius 1 is 1.31 bits per heavy atom. The van der Waals surface area contributed by atoms with E-state index in [9.17, 15) is 10.1 Å². The zero-order chi connectivity index (χ0) is 18.1. The van der Waals surface area contributed by atoms with E-state index < -0.39 is 4.92 Å². The number of nitrogens with one attached hydrogen (secondary N) is 1. The summed E-state index contributed by atoms with van der Waals surface area (Å²) in [4.78, 5) is 21.1. The molecule has 1 N–H and O–H groups in total. The van der Waals surface area contributed by atoms with Crippen molar-refractivity contribution < 1.29 is 14.4 Å². The average molecular weight is 357 g/mol. The molecule has 136 valence electrons. The first-order valence-electron chi connectivity index (χ1n) is 8.48. The summed E-state index contributed by atoms with van der Waals surface area (Å²) in [5.41, 5.74) is 0.906. The summed E-state index contributed by atoms with van der Waals surface area (Å²) in [5.74, 6) is 2.16. The number of hydrogen-bond donors (Lipinski definition) is 1. The quantitative estimate of drug-likeness (QED) is 0.621. The molecule has 0 radical (unpaired) electrons. The van der Waals surface area contributed by atoms with Crippen LogP contribution >= 0.6 is 0 Å². The van der Waals surface area contributed by atoms with Crippen LogP contribution in [0.5, 0.6) is 11.5 Å². The summed E-state index contributed by atoms with van der Waals surface area (Å²) in [6.07, 6.45) is 3.26. The molecule has 0 atom stereocenters. The number of nitro groups is 1. The highest BCUT2D eigenvalue weighted by Crippen LogP contribution is 2.32. The fourth-order valence-electron chi connectivity index (χ4n) is 2.74. The average Bonchev–Trinajstić information content (AvgIpc) is 3.45. The maximum atomic E-state index is 11.2. The summed E-state index contributed by atoms with van der Waals surface area (Å²) in [6.45, 7) is 1.63. The van der Waals surface area contributed by atoms with Crippen LogP contribution in [0.3, 0.4) is 0 Å². The minimum absolute atomic E-state index is 0.103. The first-order chi connectivity index (χ1) is 12.6. The molecule has 1 saturated carbocycles. The van der Waals surface area contributed by atoms with Gasteiger partial charge in [0.05, 0.1) is 4.92 Å². The van der Waals surface area contributed by atoms with Crippen LogP contribution in [0.1, 0.15) is 18.4 Å². The number of rotatable bonds is 6. The van der Waals surface area contributed by atoms with Gasteiger partial charge in [0.15, 0.2) is 11.5 Å². The Balaban J connectivity index is 1.53. The highest BCUT2D eigenvalue weighted by Gasteiger charge is 2.27. The number of fused-ring (bicyclic) bond motifs is 1. The van der Waals surface area contributed by atoms with Gasteiger partial charge < -0.3 is 19.7 Å². The van der Waals surface area contributed by atoms with Gasteiger partial charge in [0.25, 0.3) is 0 Å². The van der Waals surface area contributed by atoms with E-state index in [0.717, 1.165) is 29.9 Å². The number of benzene rings is 1. The third-order valence-corrected chi connectivity index (χ3v) is 4.24. The van der Waals surface area contributed by atoms with Crippen LogP contribution < -0.4 is 19.7 Å². The molecular weight excluding hydrogens is 338 g/mol. The first-order valence-corrected chi connectivity index (χ1v) is 8.48. The second-order valence-corrected chi connectivity index (χ2v) is 6.41. The lowest BCUT2D eigenvalue weighted by molar-refractivity contribution is -0.384. The topological polar surface area (TPSA) is 103 Å². The zero-order valence-electron chi connectivity index (χ0n) is 14.3. The minimum Gasteiger partial charge on any atom is -0.486 e. The predicted octanol–water partition coefficient (Wildman–Crippen LogP) is 2.37. The third-order valence-electron chi connectivity index (χ3n) is 4.24. The normalized spacial score (nSPS) is 15.4. The molecule has 1 aromatic heterocycles. The van der Waals surface area contributed by atoms with Crippen molar-refractivity contribution in [2.45, 2.75) is 25.4 Å². The van der Waals surface area contributed by atoms with Crippen LogP contribution in [-0.2, 0) is 6.54 Å². The SMILES string of the molecule is CN(Cc1ccc2c(c1)OCCO2)c1ncc([N+](=O)[O-])c(NC2CC2)n1. The molecule has 4 rings (SSSR count). The largest absolute Gasteiger partial charge is 0.486 e. The summed E-state index contributed by atoms with van der Waals surface area (Å²) in [7, 11) is 1.85. The zero-order valence-corrected chi connectivity index (χ0v) is 14.3. The molecule has 2 aliphatic rings. The second-order valence-electron chi connectivity index (χ2n) is 6.41. The Kier molecular flexibility index (Phi) is 4.19. The Hall–Kier alpha value is -3.10. The summed E-state index contributed by atoms with van der Waals surface area (Å²) < 4.78 is 11.1. The van der Waals surface area contributed by atoms with E-state index in [1.807, 2.05) is 30.1 Å². The molecule has 0 saturated heterocycles.